The highest BCUT2D eigenvalue weighted by molar-refractivity contribution is 7.89. The van der Waals surface area contributed by atoms with Crippen LogP contribution in [0.3, 0.4) is 0 Å². The number of sulfonamides is 1. The van der Waals surface area contributed by atoms with E-state index in [9.17, 15) is 17.6 Å². The summed E-state index contributed by atoms with van der Waals surface area (Å²) in [6.07, 6.45) is 0.465. The first-order valence-electron chi connectivity index (χ1n) is 6.35. The molecule has 0 amide bonds. The predicted molar refractivity (Wildman–Crippen MR) is 75.1 cm³/mol. The summed E-state index contributed by atoms with van der Waals surface area (Å²) in [5.74, 6) is -1.61. The highest BCUT2D eigenvalue weighted by Crippen LogP contribution is 2.33. The Balaban J connectivity index is 2.22. The molecule has 1 saturated heterocycles. The molecule has 1 aliphatic rings. The van der Waals surface area contributed by atoms with Crippen LogP contribution < -0.4 is 0 Å². The van der Waals surface area contributed by atoms with Crippen molar-refractivity contribution in [2.45, 2.75) is 24.7 Å². The van der Waals surface area contributed by atoms with Gasteiger partial charge < -0.3 is 5.11 Å². The molecule has 21 heavy (non-hydrogen) atoms. The number of carboxylic acids is 1. The average Bonchev–Trinajstić information content (AvgIpc) is 2.42. The molecule has 1 aromatic carbocycles. The fourth-order valence-electron chi connectivity index (χ4n) is 2.22. The van der Waals surface area contributed by atoms with Gasteiger partial charge in [0.2, 0.25) is 10.0 Å². The van der Waals surface area contributed by atoms with Gasteiger partial charge in [0.1, 0.15) is 5.82 Å². The second-order valence-corrected chi connectivity index (χ2v) is 7.69. The van der Waals surface area contributed by atoms with Gasteiger partial charge in [-0.25, -0.2) is 12.8 Å². The van der Waals surface area contributed by atoms with Crippen LogP contribution in [-0.4, -0.2) is 36.9 Å². The molecule has 0 atom stereocenters. The van der Waals surface area contributed by atoms with Crippen LogP contribution in [0.25, 0.3) is 0 Å². The summed E-state index contributed by atoms with van der Waals surface area (Å²) in [5, 5.41) is 8.88. The molecule has 0 radical (unpaired) electrons. The summed E-state index contributed by atoms with van der Waals surface area (Å²) in [6, 6.07) is 3.22. The third kappa shape index (κ3) is 3.04. The van der Waals surface area contributed by atoms with E-state index in [1.54, 1.807) is 6.92 Å². The molecule has 0 bridgehead atoms. The van der Waals surface area contributed by atoms with Crippen LogP contribution in [0.2, 0.25) is 5.02 Å². The number of hydrogen-bond acceptors (Lipinski definition) is 3. The van der Waals surface area contributed by atoms with Crippen molar-refractivity contribution in [2.75, 3.05) is 13.1 Å². The number of benzene rings is 1. The minimum absolute atomic E-state index is 0.0900. The first kappa shape index (κ1) is 16.2. The lowest BCUT2D eigenvalue weighted by Gasteiger charge is -2.35. The zero-order valence-corrected chi connectivity index (χ0v) is 12.9. The lowest BCUT2D eigenvalue weighted by atomic mass is 9.81. The van der Waals surface area contributed by atoms with Crippen LogP contribution in [0, 0.1) is 11.2 Å². The maximum absolute atomic E-state index is 13.1. The van der Waals surface area contributed by atoms with Gasteiger partial charge in [-0.3, -0.25) is 4.79 Å². The van der Waals surface area contributed by atoms with Crippen molar-refractivity contribution >= 4 is 27.6 Å². The first-order valence-corrected chi connectivity index (χ1v) is 8.17. The monoisotopic (exact) mass is 335 g/mol. The summed E-state index contributed by atoms with van der Waals surface area (Å²) in [6.45, 7) is 1.83. The van der Waals surface area contributed by atoms with Gasteiger partial charge in [-0.05, 0) is 38.0 Å². The van der Waals surface area contributed by atoms with E-state index in [4.69, 9.17) is 16.7 Å². The van der Waals surface area contributed by atoms with Crippen molar-refractivity contribution in [1.82, 2.24) is 4.31 Å². The number of hydrogen-bond donors (Lipinski definition) is 1. The maximum Gasteiger partial charge on any atom is 0.309 e. The van der Waals surface area contributed by atoms with Crippen molar-refractivity contribution in [3.63, 3.8) is 0 Å². The molecule has 8 heteroatoms. The molecule has 0 aliphatic carbocycles. The molecule has 1 N–H and O–H groups in total. The quantitative estimate of drug-likeness (QED) is 0.920. The van der Waals surface area contributed by atoms with Crippen LogP contribution in [-0.2, 0) is 14.8 Å². The smallest absolute Gasteiger partial charge is 0.309 e. The standard InChI is InChI=1S/C13H15ClFNO4S/c1-13(12(17)18)4-6-16(7-5-13)21(19,20)9-2-3-11(15)10(14)8-9/h2-3,8H,4-7H2,1H3,(H,17,18). The summed E-state index contributed by atoms with van der Waals surface area (Å²) in [4.78, 5) is 11.1. The van der Waals surface area contributed by atoms with E-state index in [0.717, 1.165) is 18.2 Å². The molecule has 1 heterocycles. The third-order valence-electron chi connectivity index (χ3n) is 3.87. The molecule has 0 aromatic heterocycles. The van der Waals surface area contributed by atoms with Gasteiger partial charge in [0, 0.05) is 13.1 Å². The van der Waals surface area contributed by atoms with Crippen LogP contribution in [0.4, 0.5) is 4.39 Å². The summed E-state index contributed by atoms with van der Waals surface area (Å²) in [7, 11) is -3.79. The normalized spacial score (nSPS) is 19.4. The fraction of sp³-hybridized carbons (Fsp3) is 0.462. The van der Waals surface area contributed by atoms with Crippen molar-refractivity contribution in [3.8, 4) is 0 Å². The van der Waals surface area contributed by atoms with Crippen LogP contribution in [0.1, 0.15) is 19.8 Å². The van der Waals surface area contributed by atoms with Crippen LogP contribution in [0.15, 0.2) is 23.1 Å². The van der Waals surface area contributed by atoms with E-state index in [1.165, 1.54) is 4.31 Å². The molecule has 116 valence electrons. The Morgan fingerprint density at radius 2 is 1.95 bits per heavy atom. The number of carbonyl (C=O) groups is 1. The van der Waals surface area contributed by atoms with Gasteiger partial charge in [-0.1, -0.05) is 11.6 Å². The SMILES string of the molecule is CC1(C(=O)O)CCN(S(=O)(=O)c2ccc(F)c(Cl)c2)CC1. The number of aliphatic carboxylic acids is 1. The Morgan fingerprint density at radius 1 is 1.38 bits per heavy atom. The average molecular weight is 336 g/mol. The lowest BCUT2D eigenvalue weighted by Crippen LogP contribution is -2.45. The Bertz CT molecular complexity index is 669. The Hall–Kier alpha value is -1.18. The number of halogens is 2. The Labute approximate surface area is 127 Å². The first-order chi connectivity index (χ1) is 9.67. The number of carboxylic acid groups (broad SMARTS) is 1. The van der Waals surface area contributed by atoms with Crippen molar-refractivity contribution in [2.24, 2.45) is 5.41 Å². The van der Waals surface area contributed by atoms with E-state index < -0.39 is 27.2 Å². The molecule has 1 aliphatic heterocycles. The molecule has 5 nitrogen and oxygen atoms in total. The van der Waals surface area contributed by atoms with Gasteiger partial charge in [-0.2, -0.15) is 4.31 Å². The van der Waals surface area contributed by atoms with Gasteiger partial charge in [0.25, 0.3) is 0 Å². The topological polar surface area (TPSA) is 74.7 Å². The zero-order valence-electron chi connectivity index (χ0n) is 11.3. The number of piperidine rings is 1. The Morgan fingerprint density at radius 3 is 2.43 bits per heavy atom. The van der Waals surface area contributed by atoms with E-state index >= 15 is 0 Å². The maximum atomic E-state index is 13.1. The van der Waals surface area contributed by atoms with Gasteiger partial charge >= 0.3 is 5.97 Å². The van der Waals surface area contributed by atoms with E-state index in [-0.39, 0.29) is 35.8 Å². The van der Waals surface area contributed by atoms with E-state index in [2.05, 4.69) is 0 Å². The van der Waals surface area contributed by atoms with Gasteiger partial charge in [0.05, 0.1) is 15.3 Å². The van der Waals surface area contributed by atoms with Gasteiger partial charge in [0.15, 0.2) is 0 Å². The molecule has 1 fully saturated rings. The van der Waals surface area contributed by atoms with Crippen molar-refractivity contribution in [1.29, 1.82) is 0 Å². The molecule has 0 saturated carbocycles. The second kappa shape index (κ2) is 5.55. The molecule has 0 unspecified atom stereocenters. The van der Waals surface area contributed by atoms with Crippen LogP contribution >= 0.6 is 11.6 Å². The molecule has 1 aromatic rings. The molecular formula is C13H15ClFNO4S. The summed E-state index contributed by atoms with van der Waals surface area (Å²) in [5.41, 5.74) is -0.910. The molecule has 2 rings (SSSR count). The summed E-state index contributed by atoms with van der Waals surface area (Å²) >= 11 is 5.61. The Kier molecular flexibility index (Phi) is 4.28. The largest absolute Gasteiger partial charge is 0.481 e. The van der Waals surface area contributed by atoms with Crippen molar-refractivity contribution < 1.29 is 22.7 Å². The van der Waals surface area contributed by atoms with E-state index in [0.29, 0.717) is 0 Å². The zero-order chi connectivity index (χ0) is 15.8. The fourth-order valence-corrected chi connectivity index (χ4v) is 3.93. The van der Waals surface area contributed by atoms with Gasteiger partial charge in [-0.15, -0.1) is 0 Å². The third-order valence-corrected chi connectivity index (χ3v) is 6.06. The highest BCUT2D eigenvalue weighted by atomic mass is 35.5. The summed E-state index contributed by atoms with van der Waals surface area (Å²) < 4.78 is 39.2. The molecule has 0 spiro atoms. The number of rotatable bonds is 3. The highest BCUT2D eigenvalue weighted by Gasteiger charge is 2.40. The van der Waals surface area contributed by atoms with Crippen molar-refractivity contribution in [3.05, 3.63) is 29.0 Å². The predicted octanol–water partition coefficient (Wildman–Crippen LogP) is 2.35. The molecular weight excluding hydrogens is 321 g/mol. The van der Waals surface area contributed by atoms with Crippen LogP contribution in [0.5, 0.6) is 0 Å². The minimum atomic E-state index is -3.79. The minimum Gasteiger partial charge on any atom is -0.481 e. The second-order valence-electron chi connectivity index (χ2n) is 5.35. The van der Waals surface area contributed by atoms with E-state index in [1.807, 2.05) is 0 Å². The lowest BCUT2D eigenvalue weighted by molar-refractivity contribution is -0.150. The number of nitrogens with zero attached hydrogens (tertiary/aromatic N) is 1.